The second kappa shape index (κ2) is 16.4. The van der Waals surface area contributed by atoms with E-state index in [0.29, 0.717) is 0 Å². The van der Waals surface area contributed by atoms with Crippen molar-refractivity contribution in [1.29, 1.82) is 0 Å². The molecule has 38 heavy (non-hydrogen) atoms. The summed E-state index contributed by atoms with van der Waals surface area (Å²) >= 11 is 1.55. The molecule has 3 heteroatoms. The average molecular weight is 627 g/mol. The van der Waals surface area contributed by atoms with Gasteiger partial charge in [0.15, 0.2) is 0 Å². The van der Waals surface area contributed by atoms with Crippen molar-refractivity contribution >= 4 is 3.21 Å². The van der Waals surface area contributed by atoms with E-state index in [4.69, 9.17) is 0 Å². The van der Waals surface area contributed by atoms with Crippen molar-refractivity contribution < 1.29 is 49.0 Å². The Kier molecular flexibility index (Phi) is 14.4. The van der Waals surface area contributed by atoms with Crippen LogP contribution in [0.1, 0.15) is 123 Å². The van der Waals surface area contributed by atoms with Crippen LogP contribution in [0, 0.1) is 19.9 Å². The summed E-state index contributed by atoms with van der Waals surface area (Å²) in [7, 11) is 0. The predicted octanol–water partition coefficient (Wildman–Crippen LogP) is 3.93. The summed E-state index contributed by atoms with van der Waals surface area (Å²) in [4.78, 5) is 0. The van der Waals surface area contributed by atoms with Crippen molar-refractivity contribution in [1.82, 2.24) is 0 Å². The van der Waals surface area contributed by atoms with E-state index in [2.05, 4.69) is 52.0 Å². The third-order valence-electron chi connectivity index (χ3n) is 8.19. The van der Waals surface area contributed by atoms with Gasteiger partial charge in [-0.2, -0.15) is 35.9 Å². The fourth-order valence-electron chi connectivity index (χ4n) is 6.48. The van der Waals surface area contributed by atoms with Crippen LogP contribution in [-0.4, -0.2) is 3.21 Å². The second-order valence-corrected chi connectivity index (χ2v) is 13.9. The Bertz CT molecular complexity index is 1040. The van der Waals surface area contributed by atoms with Gasteiger partial charge in [-0.25, -0.2) is 12.1 Å². The molecule has 0 amide bonds. The molecule has 0 bridgehead atoms. The van der Waals surface area contributed by atoms with Crippen molar-refractivity contribution in [3.63, 3.8) is 0 Å². The first kappa shape index (κ1) is 33.3. The first-order valence-electron chi connectivity index (χ1n) is 14.3. The minimum Gasteiger partial charge on any atom is -1.00 e. The number of fused-ring (bicyclic) bond motifs is 3. The molecule has 0 spiro atoms. The quantitative estimate of drug-likeness (QED) is 0.296. The van der Waals surface area contributed by atoms with Crippen molar-refractivity contribution in [2.45, 2.75) is 110 Å². The van der Waals surface area contributed by atoms with Crippen LogP contribution < -0.4 is 24.8 Å². The summed E-state index contributed by atoms with van der Waals surface area (Å²) in [5, 5.41) is 0. The minimum atomic E-state index is 0. The zero-order valence-corrected chi connectivity index (χ0v) is 27.8. The summed E-state index contributed by atoms with van der Waals surface area (Å²) in [6.45, 7) is 8.89. The Balaban J connectivity index is 0.000000398. The van der Waals surface area contributed by atoms with Crippen LogP contribution in [0.3, 0.4) is 0 Å². The van der Waals surface area contributed by atoms with Gasteiger partial charge in [-0.3, -0.25) is 0 Å². The van der Waals surface area contributed by atoms with Gasteiger partial charge in [-0.15, -0.1) is 16.7 Å². The zero-order valence-electron chi connectivity index (χ0n) is 23.8. The van der Waals surface area contributed by atoms with Gasteiger partial charge in [-0.05, 0) is 48.8 Å². The molecule has 0 atom stereocenters. The van der Waals surface area contributed by atoms with E-state index in [9.17, 15) is 0 Å². The Labute approximate surface area is 259 Å². The van der Waals surface area contributed by atoms with E-state index < -0.39 is 0 Å². The standard InChI is InChI=1S/C27H33.C5H5.C3H6.2ClH.Zr/c1-18-13-22-15-23-14-19(2)25(21-11-7-4-8-12-21)17-27(23)26(22)16-24(18)20-9-5-3-6-10-20;1-2-4-5-3-1;1-3-2;;;/h13,16-17,20-21H,3-12,15H2,1-2H3;1-5H;1-2H3;2*1H;/q2*-1;;;;+2/p-2. The molecule has 0 radical (unpaired) electrons. The van der Waals surface area contributed by atoms with E-state index in [1.54, 1.807) is 40.9 Å². The molecule has 3 aliphatic rings. The maximum atomic E-state index is 3.82. The molecule has 2 fully saturated rings. The van der Waals surface area contributed by atoms with Crippen LogP contribution in [0.5, 0.6) is 0 Å². The molecule has 0 aliphatic heterocycles. The minimum absolute atomic E-state index is 0. The fraction of sp³-hybridized carbons (Fsp3) is 0.486. The zero-order chi connectivity index (χ0) is 25.5. The molecule has 0 nitrogen and oxygen atoms in total. The van der Waals surface area contributed by atoms with Crippen LogP contribution in [0.4, 0.5) is 0 Å². The summed E-state index contributed by atoms with van der Waals surface area (Å²) in [5.41, 5.74) is 12.2. The van der Waals surface area contributed by atoms with Crippen LogP contribution in [0.15, 0.2) is 48.5 Å². The molecule has 3 aromatic rings. The number of rotatable bonds is 2. The van der Waals surface area contributed by atoms with Crippen LogP contribution in [-0.2, 0) is 30.7 Å². The third-order valence-corrected chi connectivity index (χ3v) is 8.19. The Hall–Kier alpha value is -0.877. The predicted molar refractivity (Wildman–Crippen MR) is 153 cm³/mol. The van der Waals surface area contributed by atoms with Crippen molar-refractivity contribution in [2.24, 2.45) is 0 Å². The van der Waals surface area contributed by atoms with Crippen molar-refractivity contribution in [3.8, 4) is 11.1 Å². The number of aryl methyl sites for hydroxylation is 2. The molecule has 3 aromatic carbocycles. The Morgan fingerprint density at radius 3 is 1.76 bits per heavy atom. The van der Waals surface area contributed by atoms with E-state index in [1.807, 2.05) is 30.3 Å². The normalized spacial score (nSPS) is 16.4. The monoisotopic (exact) mass is 624 g/mol. The van der Waals surface area contributed by atoms with Gasteiger partial charge in [-0.1, -0.05) is 81.9 Å². The molecule has 3 aliphatic carbocycles. The molecular formula is C35H44Cl2Zr-2. The van der Waals surface area contributed by atoms with Crippen LogP contribution >= 0.6 is 0 Å². The largest absolute Gasteiger partial charge is 1.00 e. The van der Waals surface area contributed by atoms with E-state index in [1.165, 1.54) is 95.2 Å². The molecule has 204 valence electrons. The van der Waals surface area contributed by atoms with E-state index in [0.717, 1.165) is 18.3 Å². The van der Waals surface area contributed by atoms with Gasteiger partial charge in [0, 0.05) is 0 Å². The molecule has 0 aromatic heterocycles. The van der Waals surface area contributed by atoms with E-state index in [-0.39, 0.29) is 24.8 Å². The van der Waals surface area contributed by atoms with Gasteiger partial charge in [0.1, 0.15) is 0 Å². The SMILES string of the molecule is C[C](C)=[Zr+2].Cc1[c-]c2c(cc1C1CCCCC1)-c1cc(C3CCCCC3)c(C)cc1C2.[Cl-].[Cl-].c1cc[cH-]c1. The summed E-state index contributed by atoms with van der Waals surface area (Å²) in [6, 6.07) is 21.5. The average Bonchev–Trinajstić information content (AvgIpc) is 3.55. The van der Waals surface area contributed by atoms with Gasteiger partial charge in [0.25, 0.3) is 0 Å². The van der Waals surface area contributed by atoms with Crippen LogP contribution in [0.25, 0.3) is 11.1 Å². The molecule has 0 heterocycles. The molecule has 6 rings (SSSR count). The number of benzene rings is 2. The third kappa shape index (κ3) is 8.81. The summed E-state index contributed by atoms with van der Waals surface area (Å²) in [5.74, 6) is 1.56. The first-order valence-corrected chi connectivity index (χ1v) is 15.5. The fourth-order valence-corrected chi connectivity index (χ4v) is 6.48. The smallest absolute Gasteiger partial charge is 0.0160 e. The van der Waals surface area contributed by atoms with Crippen LogP contribution in [0.2, 0.25) is 0 Å². The Morgan fingerprint density at radius 1 is 0.763 bits per heavy atom. The molecular weight excluding hydrogens is 583 g/mol. The number of hydrogen-bond donors (Lipinski definition) is 0. The summed E-state index contributed by atoms with van der Waals surface area (Å²) in [6.07, 6.45) is 15.1. The number of hydrogen-bond acceptors (Lipinski definition) is 0. The van der Waals surface area contributed by atoms with Gasteiger partial charge >= 0.3 is 41.3 Å². The molecule has 0 unspecified atom stereocenters. The van der Waals surface area contributed by atoms with Gasteiger partial charge in [0.2, 0.25) is 0 Å². The number of halogens is 2. The molecule has 0 saturated heterocycles. The Morgan fingerprint density at radius 2 is 1.26 bits per heavy atom. The maximum Gasteiger partial charge on any atom is -0.0160 e. The molecule has 0 N–H and O–H groups in total. The molecule has 2 saturated carbocycles. The van der Waals surface area contributed by atoms with E-state index >= 15 is 0 Å². The maximum absolute atomic E-state index is 3.82. The van der Waals surface area contributed by atoms with Gasteiger partial charge in [0.05, 0.1) is 0 Å². The van der Waals surface area contributed by atoms with Crippen molar-refractivity contribution in [3.05, 3.63) is 88.0 Å². The topological polar surface area (TPSA) is 0 Å². The van der Waals surface area contributed by atoms with Crippen molar-refractivity contribution in [2.75, 3.05) is 0 Å². The van der Waals surface area contributed by atoms with Gasteiger partial charge < -0.3 is 24.8 Å². The first-order chi connectivity index (χ1) is 17.4. The second-order valence-electron chi connectivity index (χ2n) is 11.4. The summed E-state index contributed by atoms with van der Waals surface area (Å²) < 4.78 is 1.51.